The summed E-state index contributed by atoms with van der Waals surface area (Å²) in [4.78, 5) is 18.4. The molecule has 0 radical (unpaired) electrons. The Hall–Kier alpha value is -1.70. The highest BCUT2D eigenvalue weighted by molar-refractivity contribution is 5.93. The summed E-state index contributed by atoms with van der Waals surface area (Å²) in [5, 5.41) is 2.83. The van der Waals surface area contributed by atoms with Crippen LogP contribution in [0.2, 0.25) is 0 Å². The normalized spacial score (nSPS) is 26.9. The van der Waals surface area contributed by atoms with Crippen LogP contribution < -0.4 is 11.1 Å². The van der Waals surface area contributed by atoms with Gasteiger partial charge in [0.1, 0.15) is 0 Å². The third kappa shape index (κ3) is 2.27. The fourth-order valence-corrected chi connectivity index (χ4v) is 3.16. The van der Waals surface area contributed by atoms with Gasteiger partial charge in [-0.3, -0.25) is 4.79 Å². The summed E-state index contributed by atoms with van der Waals surface area (Å²) in [5.74, 6) is -1.70. The van der Waals surface area contributed by atoms with Crippen molar-refractivity contribution in [3.05, 3.63) is 23.8 Å². The van der Waals surface area contributed by atoms with Gasteiger partial charge in [0.15, 0.2) is 0 Å². The van der Waals surface area contributed by atoms with E-state index in [1.165, 1.54) is 0 Å². The first-order valence-electron chi connectivity index (χ1n) is 6.78. The summed E-state index contributed by atoms with van der Waals surface area (Å²) < 4.78 is 37.1. The van der Waals surface area contributed by atoms with Crippen LogP contribution in [0.5, 0.6) is 0 Å². The van der Waals surface area contributed by atoms with Gasteiger partial charge in [-0.15, -0.1) is 0 Å². The van der Waals surface area contributed by atoms with E-state index in [-0.39, 0.29) is 23.1 Å². The zero-order valence-electron chi connectivity index (χ0n) is 11.2. The second-order valence-corrected chi connectivity index (χ2v) is 5.75. The minimum absolute atomic E-state index is 0.00366. The van der Waals surface area contributed by atoms with Crippen molar-refractivity contribution < 1.29 is 18.0 Å². The Kier molecular flexibility index (Phi) is 3.16. The number of hydrogen-bond acceptors (Lipinski definition) is 4. The van der Waals surface area contributed by atoms with Gasteiger partial charge in [-0.25, -0.2) is 9.97 Å². The van der Waals surface area contributed by atoms with Crippen LogP contribution in [0.4, 0.5) is 13.2 Å². The number of carbonyl (C=O) groups excluding carboxylic acids is 1. The lowest BCUT2D eigenvalue weighted by Crippen LogP contribution is -2.69. The monoisotopic (exact) mass is 300 g/mol. The van der Waals surface area contributed by atoms with Crippen molar-refractivity contribution in [2.75, 3.05) is 0 Å². The molecule has 1 spiro atoms. The second-order valence-electron chi connectivity index (χ2n) is 5.75. The van der Waals surface area contributed by atoms with Crippen molar-refractivity contribution in [3.63, 3.8) is 0 Å². The van der Waals surface area contributed by atoms with Gasteiger partial charge < -0.3 is 11.1 Å². The second kappa shape index (κ2) is 4.66. The number of halogens is 3. The first kappa shape index (κ1) is 14.2. The van der Waals surface area contributed by atoms with Crippen LogP contribution in [0.3, 0.4) is 0 Å². The molecule has 1 heterocycles. The summed E-state index contributed by atoms with van der Waals surface area (Å²) >= 11 is 0. The predicted octanol–water partition coefficient (Wildman–Crippen LogP) is 1.50. The van der Waals surface area contributed by atoms with Crippen LogP contribution in [-0.2, 0) is 6.18 Å². The highest BCUT2D eigenvalue weighted by Crippen LogP contribution is 2.55. The molecule has 114 valence electrons. The molecule has 2 fully saturated rings. The number of nitrogens with one attached hydrogen (secondary N) is 1. The zero-order valence-corrected chi connectivity index (χ0v) is 11.2. The van der Waals surface area contributed by atoms with Crippen LogP contribution in [0, 0.1) is 5.41 Å². The van der Waals surface area contributed by atoms with Gasteiger partial charge in [0, 0.05) is 29.9 Å². The maximum Gasteiger partial charge on any atom is 0.451 e. The number of nitrogens with two attached hydrogens (primary N) is 1. The molecule has 0 aromatic carbocycles. The predicted molar refractivity (Wildman–Crippen MR) is 67.2 cm³/mol. The summed E-state index contributed by atoms with van der Waals surface area (Å²) in [5.41, 5.74) is 6.00. The SMILES string of the molecule is NC1CC(NC(=O)c2cnc(C(F)(F)F)nc2)C12CCC2. The van der Waals surface area contributed by atoms with Crippen molar-refractivity contribution in [3.8, 4) is 0 Å². The van der Waals surface area contributed by atoms with Crippen molar-refractivity contribution in [1.29, 1.82) is 0 Å². The number of rotatable bonds is 2. The van der Waals surface area contributed by atoms with E-state index in [4.69, 9.17) is 5.73 Å². The van der Waals surface area contributed by atoms with E-state index >= 15 is 0 Å². The molecule has 21 heavy (non-hydrogen) atoms. The maximum absolute atomic E-state index is 12.4. The summed E-state index contributed by atoms with van der Waals surface area (Å²) in [6, 6.07) is 0.0939. The highest BCUT2D eigenvalue weighted by atomic mass is 19.4. The average Bonchev–Trinajstić information content (AvgIpc) is 2.35. The fraction of sp³-hybridized carbons (Fsp3) is 0.615. The average molecular weight is 300 g/mol. The van der Waals surface area contributed by atoms with Crippen molar-refractivity contribution in [2.24, 2.45) is 11.1 Å². The molecule has 3 N–H and O–H groups in total. The lowest BCUT2D eigenvalue weighted by Gasteiger charge is -2.60. The molecule has 0 bridgehead atoms. The Morgan fingerprint density at radius 2 is 1.95 bits per heavy atom. The number of nitrogens with zero attached hydrogens (tertiary/aromatic N) is 2. The summed E-state index contributed by atoms with van der Waals surface area (Å²) in [6.07, 6.45) is 0.974. The van der Waals surface area contributed by atoms with Gasteiger partial charge in [0.2, 0.25) is 5.82 Å². The Balaban J connectivity index is 1.66. The molecular weight excluding hydrogens is 285 g/mol. The van der Waals surface area contributed by atoms with Crippen LogP contribution in [0.15, 0.2) is 12.4 Å². The standard InChI is InChI=1S/C13H15F3N4O/c14-13(15,16)11-18-5-7(6-19-11)10(21)20-9-4-8(17)12(9)2-1-3-12/h5-6,8-9H,1-4,17H2,(H,20,21). The highest BCUT2D eigenvalue weighted by Gasteiger charge is 2.57. The van der Waals surface area contributed by atoms with Gasteiger partial charge in [-0.05, 0) is 19.3 Å². The molecule has 1 amide bonds. The van der Waals surface area contributed by atoms with E-state index in [1.807, 2.05) is 0 Å². The topological polar surface area (TPSA) is 80.9 Å². The molecule has 0 aliphatic heterocycles. The number of aromatic nitrogens is 2. The molecule has 1 aromatic rings. The maximum atomic E-state index is 12.4. The molecule has 3 rings (SSSR count). The molecule has 2 aliphatic rings. The first-order valence-corrected chi connectivity index (χ1v) is 6.78. The number of amides is 1. The van der Waals surface area contributed by atoms with Crippen LogP contribution in [0.25, 0.3) is 0 Å². The minimum Gasteiger partial charge on any atom is -0.349 e. The molecule has 0 saturated heterocycles. The Bertz CT molecular complexity index is 554. The summed E-state index contributed by atoms with van der Waals surface area (Å²) in [6.45, 7) is 0. The molecule has 2 atom stereocenters. The van der Waals surface area contributed by atoms with E-state index in [0.29, 0.717) is 6.42 Å². The fourth-order valence-electron chi connectivity index (χ4n) is 3.16. The largest absolute Gasteiger partial charge is 0.451 e. The smallest absolute Gasteiger partial charge is 0.349 e. The van der Waals surface area contributed by atoms with Crippen LogP contribution in [-0.4, -0.2) is 28.0 Å². The molecule has 2 unspecified atom stereocenters. The lowest BCUT2D eigenvalue weighted by atomic mass is 9.50. The van der Waals surface area contributed by atoms with Gasteiger partial charge in [0.25, 0.3) is 5.91 Å². The molecule has 2 aliphatic carbocycles. The molecule has 2 saturated carbocycles. The first-order chi connectivity index (χ1) is 9.83. The lowest BCUT2D eigenvalue weighted by molar-refractivity contribution is -0.145. The number of alkyl halides is 3. The number of hydrogen-bond donors (Lipinski definition) is 2. The van der Waals surface area contributed by atoms with E-state index < -0.39 is 17.9 Å². The zero-order chi connectivity index (χ0) is 15.3. The molecule has 1 aromatic heterocycles. The minimum atomic E-state index is -4.61. The van der Waals surface area contributed by atoms with E-state index in [1.54, 1.807) is 0 Å². The quantitative estimate of drug-likeness (QED) is 0.867. The Labute approximate surface area is 119 Å². The number of carbonyl (C=O) groups is 1. The Morgan fingerprint density at radius 3 is 2.38 bits per heavy atom. The van der Waals surface area contributed by atoms with Crippen molar-refractivity contribution in [2.45, 2.75) is 43.9 Å². The summed E-state index contributed by atoms with van der Waals surface area (Å²) in [7, 11) is 0. The van der Waals surface area contributed by atoms with E-state index in [2.05, 4.69) is 15.3 Å². The molecular formula is C13H15F3N4O. The van der Waals surface area contributed by atoms with E-state index in [9.17, 15) is 18.0 Å². The molecule has 5 nitrogen and oxygen atoms in total. The third-order valence-corrected chi connectivity index (χ3v) is 4.68. The van der Waals surface area contributed by atoms with Crippen LogP contribution >= 0.6 is 0 Å². The van der Waals surface area contributed by atoms with Gasteiger partial charge >= 0.3 is 6.18 Å². The van der Waals surface area contributed by atoms with Crippen molar-refractivity contribution in [1.82, 2.24) is 15.3 Å². The van der Waals surface area contributed by atoms with Gasteiger partial charge in [-0.2, -0.15) is 13.2 Å². The van der Waals surface area contributed by atoms with Gasteiger partial charge in [-0.1, -0.05) is 6.42 Å². The van der Waals surface area contributed by atoms with Crippen LogP contribution in [0.1, 0.15) is 41.9 Å². The Morgan fingerprint density at radius 1 is 1.33 bits per heavy atom. The molecule has 8 heteroatoms. The van der Waals surface area contributed by atoms with Gasteiger partial charge in [0.05, 0.1) is 5.56 Å². The van der Waals surface area contributed by atoms with E-state index in [0.717, 1.165) is 31.7 Å². The third-order valence-electron chi connectivity index (χ3n) is 4.68. The van der Waals surface area contributed by atoms with Crippen molar-refractivity contribution >= 4 is 5.91 Å².